The minimum Gasteiger partial charge on any atom is -0.457 e. The maximum absolute atomic E-state index is 6.53. The van der Waals surface area contributed by atoms with Crippen molar-refractivity contribution >= 4 is 21.9 Å². The van der Waals surface area contributed by atoms with Gasteiger partial charge in [0.25, 0.3) is 0 Å². The first-order valence-electron chi connectivity index (χ1n) is 19.2. The SMILES string of the molecule is c1ccc(-c2nc(-c3ccccc3)nc(-c3cccc4oc5ccc(-c6ccc7c(c6)-c6ccccc6C76c7ccccc7Oc7ccccc76)cc5c34)n2)cc1. The van der Waals surface area contributed by atoms with Crippen molar-refractivity contribution in [2.24, 2.45) is 0 Å². The highest BCUT2D eigenvalue weighted by Gasteiger charge is 2.50. The number of rotatable bonds is 4. The molecule has 57 heavy (non-hydrogen) atoms. The Bertz CT molecular complexity index is 3120. The Balaban J connectivity index is 1.05. The minimum atomic E-state index is -0.503. The van der Waals surface area contributed by atoms with Crippen molar-refractivity contribution in [1.82, 2.24) is 15.0 Å². The molecule has 5 nitrogen and oxygen atoms in total. The van der Waals surface area contributed by atoms with E-state index in [0.29, 0.717) is 17.5 Å². The molecule has 0 bridgehead atoms. The Labute approximate surface area is 328 Å². The molecular formula is C52H31N3O2. The van der Waals surface area contributed by atoms with E-state index in [1.54, 1.807) is 0 Å². The Kier molecular flexibility index (Phi) is 6.78. The average molecular weight is 730 g/mol. The fourth-order valence-electron chi connectivity index (χ4n) is 9.16. The summed E-state index contributed by atoms with van der Waals surface area (Å²) in [6, 6.07) is 65.5. The number of ether oxygens (including phenoxy) is 1. The number of nitrogens with zero attached hydrogens (tertiary/aromatic N) is 3. The van der Waals surface area contributed by atoms with Crippen LogP contribution in [0.5, 0.6) is 11.5 Å². The Morgan fingerprint density at radius 3 is 1.60 bits per heavy atom. The fourth-order valence-corrected chi connectivity index (χ4v) is 9.16. The first-order chi connectivity index (χ1) is 28.2. The number of hydrogen-bond donors (Lipinski definition) is 0. The summed E-state index contributed by atoms with van der Waals surface area (Å²) in [6.45, 7) is 0. The van der Waals surface area contributed by atoms with Crippen LogP contribution in [0.25, 0.3) is 78.4 Å². The zero-order valence-electron chi connectivity index (χ0n) is 30.6. The van der Waals surface area contributed by atoms with Gasteiger partial charge in [0.2, 0.25) is 0 Å². The molecule has 0 N–H and O–H groups in total. The third kappa shape index (κ3) is 4.66. The largest absolute Gasteiger partial charge is 0.457 e. The predicted octanol–water partition coefficient (Wildman–Crippen LogP) is 12.9. The number of para-hydroxylation sites is 2. The average Bonchev–Trinajstić information content (AvgIpc) is 3.80. The third-order valence-corrected chi connectivity index (χ3v) is 11.6. The smallest absolute Gasteiger partial charge is 0.164 e. The monoisotopic (exact) mass is 729 g/mol. The lowest BCUT2D eigenvalue weighted by Gasteiger charge is -2.39. The van der Waals surface area contributed by atoms with Gasteiger partial charge in [-0.3, -0.25) is 0 Å². The summed E-state index contributed by atoms with van der Waals surface area (Å²) in [5, 5.41) is 1.98. The van der Waals surface area contributed by atoms with Crippen LogP contribution in [0.15, 0.2) is 192 Å². The molecule has 10 aromatic rings. The van der Waals surface area contributed by atoms with Gasteiger partial charge in [-0.2, -0.15) is 0 Å². The predicted molar refractivity (Wildman–Crippen MR) is 226 cm³/mol. The van der Waals surface area contributed by atoms with Gasteiger partial charge in [0.1, 0.15) is 22.7 Å². The van der Waals surface area contributed by atoms with E-state index in [0.717, 1.165) is 72.4 Å². The second kappa shape index (κ2) is 12.2. The second-order valence-electron chi connectivity index (χ2n) is 14.7. The van der Waals surface area contributed by atoms with Crippen LogP contribution in [0.1, 0.15) is 22.3 Å². The molecule has 3 heterocycles. The molecule has 0 saturated carbocycles. The molecule has 12 rings (SSSR count). The summed E-state index contributed by atoms with van der Waals surface area (Å²) >= 11 is 0. The van der Waals surface area contributed by atoms with Crippen molar-refractivity contribution < 1.29 is 9.15 Å². The first-order valence-corrected chi connectivity index (χ1v) is 19.2. The summed E-state index contributed by atoms with van der Waals surface area (Å²) in [7, 11) is 0. The van der Waals surface area contributed by atoms with Crippen LogP contribution in [0.2, 0.25) is 0 Å². The number of benzene rings is 8. The normalized spacial score (nSPS) is 13.2. The quantitative estimate of drug-likeness (QED) is 0.180. The molecule has 0 atom stereocenters. The summed E-state index contributed by atoms with van der Waals surface area (Å²) in [5.41, 5.74) is 13.3. The molecule has 0 unspecified atom stereocenters. The van der Waals surface area contributed by atoms with Gasteiger partial charge < -0.3 is 9.15 Å². The molecule has 0 fully saturated rings. The second-order valence-corrected chi connectivity index (χ2v) is 14.7. The number of furan rings is 1. The van der Waals surface area contributed by atoms with E-state index in [1.165, 1.54) is 22.3 Å². The maximum atomic E-state index is 6.53. The zero-order valence-corrected chi connectivity index (χ0v) is 30.6. The molecular weight excluding hydrogens is 699 g/mol. The minimum absolute atomic E-state index is 0.503. The molecule has 5 heteroatoms. The molecule has 0 saturated heterocycles. The molecule has 2 aromatic heterocycles. The van der Waals surface area contributed by atoms with Crippen molar-refractivity contribution in [1.29, 1.82) is 0 Å². The van der Waals surface area contributed by atoms with Crippen LogP contribution >= 0.6 is 0 Å². The molecule has 1 spiro atoms. The summed E-state index contributed by atoms with van der Waals surface area (Å²) in [6.07, 6.45) is 0. The molecule has 2 aliphatic rings. The number of hydrogen-bond acceptors (Lipinski definition) is 5. The van der Waals surface area contributed by atoms with E-state index in [2.05, 4.69) is 115 Å². The van der Waals surface area contributed by atoms with Gasteiger partial charge in [-0.05, 0) is 69.8 Å². The maximum Gasteiger partial charge on any atom is 0.164 e. The molecule has 8 aromatic carbocycles. The summed E-state index contributed by atoms with van der Waals surface area (Å²) in [5.74, 6) is 3.62. The first kappa shape index (κ1) is 31.7. The fraction of sp³-hybridized carbons (Fsp3) is 0.0192. The molecule has 1 aliphatic carbocycles. The van der Waals surface area contributed by atoms with E-state index >= 15 is 0 Å². The number of fused-ring (bicyclic) bond motifs is 12. The van der Waals surface area contributed by atoms with Crippen molar-refractivity contribution in [3.05, 3.63) is 210 Å². The Morgan fingerprint density at radius 2 is 0.895 bits per heavy atom. The van der Waals surface area contributed by atoms with Crippen LogP contribution in [0.4, 0.5) is 0 Å². The van der Waals surface area contributed by atoms with Gasteiger partial charge in [-0.1, -0.05) is 152 Å². The van der Waals surface area contributed by atoms with Crippen LogP contribution in [0.3, 0.4) is 0 Å². The van der Waals surface area contributed by atoms with E-state index in [-0.39, 0.29) is 0 Å². The third-order valence-electron chi connectivity index (χ3n) is 11.6. The van der Waals surface area contributed by atoms with Crippen LogP contribution < -0.4 is 4.74 Å². The van der Waals surface area contributed by atoms with E-state index in [1.807, 2.05) is 72.8 Å². The highest BCUT2D eigenvalue weighted by molar-refractivity contribution is 6.13. The van der Waals surface area contributed by atoms with Gasteiger partial charge in [-0.25, -0.2) is 15.0 Å². The molecule has 0 amide bonds. The molecule has 1 aliphatic heterocycles. The lowest BCUT2D eigenvalue weighted by Crippen LogP contribution is -2.32. The van der Waals surface area contributed by atoms with Gasteiger partial charge in [0.15, 0.2) is 17.5 Å². The van der Waals surface area contributed by atoms with Gasteiger partial charge >= 0.3 is 0 Å². The van der Waals surface area contributed by atoms with Crippen LogP contribution in [0, 0.1) is 0 Å². The van der Waals surface area contributed by atoms with Gasteiger partial charge in [-0.15, -0.1) is 0 Å². The van der Waals surface area contributed by atoms with Crippen LogP contribution in [-0.4, -0.2) is 15.0 Å². The highest BCUT2D eigenvalue weighted by Crippen LogP contribution is 2.62. The van der Waals surface area contributed by atoms with E-state index in [9.17, 15) is 0 Å². The summed E-state index contributed by atoms with van der Waals surface area (Å²) in [4.78, 5) is 15.1. The Morgan fingerprint density at radius 1 is 0.351 bits per heavy atom. The molecule has 0 radical (unpaired) electrons. The van der Waals surface area contributed by atoms with E-state index in [4.69, 9.17) is 24.1 Å². The Hall–Kier alpha value is -7.63. The molecule has 266 valence electrons. The topological polar surface area (TPSA) is 61.0 Å². The summed E-state index contributed by atoms with van der Waals surface area (Å²) < 4.78 is 13.0. The number of aromatic nitrogens is 3. The van der Waals surface area contributed by atoms with Crippen molar-refractivity contribution in [2.75, 3.05) is 0 Å². The van der Waals surface area contributed by atoms with Gasteiger partial charge in [0.05, 0.1) is 5.41 Å². The zero-order chi connectivity index (χ0) is 37.5. The standard InChI is InChI=1S/C52H31N3O2/c1-3-14-32(15-4-1)49-53-50(33-16-5-2-6-17-33)55-51(54-49)37-19-13-25-47-48(37)39-31-35(27-29-44(39)56-47)34-26-28-41-38(30-34)36-18-7-8-20-40(36)52(41)42-21-9-11-23-45(42)57-46-24-12-10-22-43(46)52/h1-31H. The van der Waals surface area contributed by atoms with Crippen LogP contribution in [-0.2, 0) is 5.41 Å². The lowest BCUT2D eigenvalue weighted by atomic mass is 9.66. The van der Waals surface area contributed by atoms with Crippen molar-refractivity contribution in [2.45, 2.75) is 5.41 Å². The van der Waals surface area contributed by atoms with Gasteiger partial charge in [0, 0.05) is 38.6 Å². The lowest BCUT2D eigenvalue weighted by molar-refractivity contribution is 0.436. The van der Waals surface area contributed by atoms with Crippen molar-refractivity contribution in [3.8, 4) is 67.9 Å². The van der Waals surface area contributed by atoms with Crippen molar-refractivity contribution in [3.63, 3.8) is 0 Å². The highest BCUT2D eigenvalue weighted by atomic mass is 16.5. The van der Waals surface area contributed by atoms with E-state index < -0.39 is 5.41 Å².